The number of amides is 3. The van der Waals surface area contributed by atoms with Crippen LogP contribution in [0.5, 0.6) is 5.75 Å². The van der Waals surface area contributed by atoms with E-state index in [0.717, 1.165) is 30.1 Å². The summed E-state index contributed by atoms with van der Waals surface area (Å²) in [5.41, 5.74) is 0.000471. The number of fused-ring (bicyclic) bond motifs is 1. The van der Waals surface area contributed by atoms with Gasteiger partial charge in [0.1, 0.15) is 41.4 Å². The molecule has 234 valence electrons. The van der Waals surface area contributed by atoms with E-state index in [1.165, 1.54) is 17.0 Å². The van der Waals surface area contributed by atoms with Gasteiger partial charge in [-0.2, -0.15) is 0 Å². The van der Waals surface area contributed by atoms with E-state index in [2.05, 4.69) is 10.2 Å². The molecule has 0 spiro atoms. The molecule has 3 aromatic rings. The lowest BCUT2D eigenvalue weighted by atomic mass is 9.98. The van der Waals surface area contributed by atoms with Crippen molar-refractivity contribution in [2.75, 3.05) is 51.4 Å². The highest BCUT2D eigenvalue weighted by atomic mass is 19.2. The first-order valence-electron chi connectivity index (χ1n) is 14.0. The molecule has 1 N–H and O–H groups in total. The number of urea groups is 1. The lowest BCUT2D eigenvalue weighted by Gasteiger charge is -2.39. The summed E-state index contributed by atoms with van der Waals surface area (Å²) in [7, 11) is 1.55. The SMILES string of the molecule is C[C@H]1c2ccc(C(=O)NCc3c(F)cc(F)cc3F)cc2N(Cc2c(F)cc(OCCN3CCOCC3)cc2F)C(=O)N1C. The monoisotopic (exact) mass is 618 g/mol. The third-order valence-electron chi connectivity index (χ3n) is 7.89. The molecular formula is C31H31F5N4O4. The Morgan fingerprint density at radius 1 is 0.955 bits per heavy atom. The lowest BCUT2D eigenvalue weighted by molar-refractivity contribution is 0.0322. The molecule has 0 unspecified atom stereocenters. The van der Waals surface area contributed by atoms with Crippen molar-refractivity contribution in [3.8, 4) is 5.75 Å². The number of carbonyl (C=O) groups excluding carboxylic acids is 2. The Kier molecular flexibility index (Phi) is 9.35. The summed E-state index contributed by atoms with van der Waals surface area (Å²) < 4.78 is 82.7. The zero-order valence-electron chi connectivity index (χ0n) is 24.1. The van der Waals surface area contributed by atoms with E-state index in [1.54, 1.807) is 20.0 Å². The van der Waals surface area contributed by atoms with Gasteiger partial charge >= 0.3 is 6.03 Å². The summed E-state index contributed by atoms with van der Waals surface area (Å²) in [6.07, 6.45) is 0. The summed E-state index contributed by atoms with van der Waals surface area (Å²) in [6.45, 7) is 4.25. The lowest BCUT2D eigenvalue weighted by Crippen LogP contribution is -2.47. The maximum atomic E-state index is 15.2. The van der Waals surface area contributed by atoms with E-state index in [0.29, 0.717) is 37.5 Å². The smallest absolute Gasteiger partial charge is 0.325 e. The quantitative estimate of drug-likeness (QED) is 0.336. The van der Waals surface area contributed by atoms with E-state index in [-0.39, 0.29) is 29.2 Å². The number of carbonyl (C=O) groups is 2. The summed E-state index contributed by atoms with van der Waals surface area (Å²) >= 11 is 0. The number of halogens is 5. The van der Waals surface area contributed by atoms with E-state index < -0.39 is 65.7 Å². The van der Waals surface area contributed by atoms with Gasteiger partial charge in [0.25, 0.3) is 5.91 Å². The number of nitrogens with one attached hydrogen (secondary N) is 1. The molecule has 1 atom stereocenters. The van der Waals surface area contributed by atoms with Gasteiger partial charge < -0.3 is 19.7 Å². The van der Waals surface area contributed by atoms with Crippen LogP contribution in [0.15, 0.2) is 42.5 Å². The Bertz CT molecular complexity index is 1520. The van der Waals surface area contributed by atoms with Gasteiger partial charge in [0.2, 0.25) is 0 Å². The van der Waals surface area contributed by atoms with Crippen LogP contribution < -0.4 is 15.0 Å². The van der Waals surface area contributed by atoms with Crippen LogP contribution in [-0.4, -0.2) is 68.2 Å². The fraction of sp³-hybridized carbons (Fsp3) is 0.355. The van der Waals surface area contributed by atoms with Crippen molar-refractivity contribution in [2.45, 2.75) is 26.1 Å². The second-order valence-corrected chi connectivity index (χ2v) is 10.6. The van der Waals surface area contributed by atoms with Gasteiger partial charge in [-0.15, -0.1) is 0 Å². The van der Waals surface area contributed by atoms with Gasteiger partial charge in [-0.25, -0.2) is 26.7 Å². The first kappa shape index (κ1) is 31.2. The van der Waals surface area contributed by atoms with Gasteiger partial charge in [0.05, 0.1) is 31.5 Å². The van der Waals surface area contributed by atoms with Crippen LogP contribution in [0.2, 0.25) is 0 Å². The Morgan fingerprint density at radius 3 is 2.25 bits per heavy atom. The molecule has 2 aliphatic rings. The van der Waals surface area contributed by atoms with Gasteiger partial charge in [-0.05, 0) is 24.6 Å². The fourth-order valence-corrected chi connectivity index (χ4v) is 5.19. The van der Waals surface area contributed by atoms with Crippen LogP contribution in [0.3, 0.4) is 0 Å². The third-order valence-corrected chi connectivity index (χ3v) is 7.89. The van der Waals surface area contributed by atoms with E-state index >= 15 is 8.78 Å². The van der Waals surface area contributed by atoms with Crippen LogP contribution in [0.1, 0.15) is 40.0 Å². The molecule has 0 aromatic heterocycles. The van der Waals surface area contributed by atoms with E-state index in [1.807, 2.05) is 0 Å². The minimum absolute atomic E-state index is 0.0149. The van der Waals surface area contributed by atoms with Crippen molar-refractivity contribution in [1.29, 1.82) is 0 Å². The average molecular weight is 619 g/mol. The van der Waals surface area contributed by atoms with Crippen LogP contribution in [-0.2, 0) is 17.8 Å². The minimum Gasteiger partial charge on any atom is -0.492 e. The summed E-state index contributed by atoms with van der Waals surface area (Å²) in [5.74, 6) is -5.92. The van der Waals surface area contributed by atoms with Crippen LogP contribution in [0, 0.1) is 29.1 Å². The molecule has 2 aliphatic heterocycles. The molecule has 13 heteroatoms. The topological polar surface area (TPSA) is 74.4 Å². The van der Waals surface area contributed by atoms with Crippen molar-refractivity contribution < 1.29 is 41.0 Å². The first-order valence-corrected chi connectivity index (χ1v) is 14.0. The van der Waals surface area contributed by atoms with Crippen molar-refractivity contribution >= 4 is 17.6 Å². The number of morpholine rings is 1. The standard InChI is InChI=1S/C31H31F5N4O4/c1-18-22-4-3-19(30(41)37-16-23-25(33)12-20(32)13-26(23)34)11-29(22)40(31(42)38(18)2)17-24-27(35)14-21(15-28(24)36)44-10-7-39-5-8-43-9-6-39/h3-4,11-15,18H,5-10,16-17H2,1-2H3,(H,37,41)/t18-/m0/s1. The minimum atomic E-state index is -1.15. The van der Waals surface area contributed by atoms with Crippen LogP contribution in [0.4, 0.5) is 32.4 Å². The predicted octanol–water partition coefficient (Wildman–Crippen LogP) is 5.16. The van der Waals surface area contributed by atoms with E-state index in [4.69, 9.17) is 9.47 Å². The number of rotatable bonds is 9. The van der Waals surface area contributed by atoms with Crippen molar-refractivity contribution in [3.63, 3.8) is 0 Å². The van der Waals surface area contributed by atoms with E-state index in [9.17, 15) is 22.8 Å². The summed E-state index contributed by atoms with van der Waals surface area (Å²) in [6, 6.07) is 6.61. The number of hydrogen-bond donors (Lipinski definition) is 1. The molecule has 0 aliphatic carbocycles. The average Bonchev–Trinajstić information content (AvgIpc) is 2.99. The highest BCUT2D eigenvalue weighted by molar-refractivity contribution is 5.99. The number of benzene rings is 3. The number of ether oxygens (including phenoxy) is 2. The molecule has 0 bridgehead atoms. The second-order valence-electron chi connectivity index (χ2n) is 10.6. The van der Waals surface area contributed by atoms with Gasteiger partial charge in [0.15, 0.2) is 0 Å². The van der Waals surface area contributed by atoms with Crippen LogP contribution in [0.25, 0.3) is 0 Å². The Morgan fingerprint density at radius 2 is 1.59 bits per heavy atom. The Balaban J connectivity index is 1.34. The van der Waals surface area contributed by atoms with Crippen molar-refractivity contribution in [3.05, 3.63) is 93.8 Å². The van der Waals surface area contributed by atoms with Crippen molar-refractivity contribution in [1.82, 2.24) is 15.1 Å². The third kappa shape index (κ3) is 6.63. The predicted molar refractivity (Wildman–Crippen MR) is 151 cm³/mol. The number of nitrogens with zero attached hydrogens (tertiary/aromatic N) is 3. The zero-order valence-corrected chi connectivity index (χ0v) is 24.1. The summed E-state index contributed by atoms with van der Waals surface area (Å²) in [4.78, 5) is 30.9. The maximum absolute atomic E-state index is 15.2. The molecule has 0 saturated carbocycles. The molecule has 1 fully saturated rings. The Hall–Kier alpha value is -4.23. The molecule has 3 aromatic carbocycles. The van der Waals surface area contributed by atoms with Crippen LogP contribution >= 0.6 is 0 Å². The number of anilines is 1. The normalized spacial score (nSPS) is 17.1. The molecule has 8 nitrogen and oxygen atoms in total. The molecular weight excluding hydrogens is 587 g/mol. The molecule has 44 heavy (non-hydrogen) atoms. The zero-order chi connectivity index (χ0) is 31.5. The molecule has 2 heterocycles. The van der Waals surface area contributed by atoms with Gasteiger partial charge in [-0.3, -0.25) is 14.6 Å². The molecule has 3 amide bonds. The fourth-order valence-electron chi connectivity index (χ4n) is 5.19. The number of hydrogen-bond acceptors (Lipinski definition) is 5. The molecule has 0 radical (unpaired) electrons. The van der Waals surface area contributed by atoms with Gasteiger partial charge in [-0.1, -0.05) is 6.07 Å². The summed E-state index contributed by atoms with van der Waals surface area (Å²) in [5, 5.41) is 2.38. The maximum Gasteiger partial charge on any atom is 0.325 e. The Labute approximate surface area is 250 Å². The highest BCUT2D eigenvalue weighted by Gasteiger charge is 2.35. The molecule has 5 rings (SSSR count). The van der Waals surface area contributed by atoms with Gasteiger partial charge in [0, 0.05) is 74.2 Å². The van der Waals surface area contributed by atoms with Crippen molar-refractivity contribution in [2.24, 2.45) is 0 Å². The largest absolute Gasteiger partial charge is 0.492 e. The second kappa shape index (κ2) is 13.2. The molecule has 1 saturated heterocycles. The first-order chi connectivity index (χ1) is 21.0. The highest BCUT2D eigenvalue weighted by Crippen LogP contribution is 2.38.